The molecule has 0 bridgehead atoms. The maximum absolute atomic E-state index is 12.7. The van der Waals surface area contributed by atoms with E-state index in [4.69, 9.17) is 0 Å². The highest BCUT2D eigenvalue weighted by Gasteiger charge is 2.39. The fourth-order valence-corrected chi connectivity index (χ4v) is 3.20. The molecule has 1 aromatic heterocycles. The van der Waals surface area contributed by atoms with E-state index >= 15 is 0 Å². The summed E-state index contributed by atoms with van der Waals surface area (Å²) in [4.78, 5) is 40.8. The van der Waals surface area contributed by atoms with Crippen molar-refractivity contribution in [2.24, 2.45) is 0 Å². The number of carbonyl (C=O) groups excluding carboxylic acids is 3. The van der Waals surface area contributed by atoms with E-state index < -0.39 is 6.04 Å². The van der Waals surface area contributed by atoms with Crippen molar-refractivity contribution in [2.75, 3.05) is 10.2 Å². The fourth-order valence-electron chi connectivity index (χ4n) is 3.20. The Balaban J connectivity index is 1.55. The van der Waals surface area contributed by atoms with E-state index in [1.807, 2.05) is 30.5 Å². The van der Waals surface area contributed by atoms with Crippen LogP contribution < -0.4 is 10.2 Å². The number of aromatic amines is 1. The van der Waals surface area contributed by atoms with Crippen molar-refractivity contribution in [3.05, 3.63) is 60.3 Å². The first-order chi connectivity index (χ1) is 12.5. The van der Waals surface area contributed by atoms with E-state index in [2.05, 4.69) is 10.3 Å². The summed E-state index contributed by atoms with van der Waals surface area (Å²) >= 11 is 0. The number of nitrogens with zero attached hydrogens (tertiary/aromatic N) is 1. The average molecular weight is 347 g/mol. The second-order valence-electron chi connectivity index (χ2n) is 6.35. The lowest BCUT2D eigenvalue weighted by Crippen LogP contribution is -2.34. The van der Waals surface area contributed by atoms with Gasteiger partial charge in [-0.3, -0.25) is 14.4 Å². The zero-order chi connectivity index (χ0) is 18.3. The molecule has 3 aromatic rings. The van der Waals surface area contributed by atoms with Crippen molar-refractivity contribution in [2.45, 2.75) is 19.4 Å². The van der Waals surface area contributed by atoms with Crippen LogP contribution in [0.4, 0.5) is 11.4 Å². The molecule has 2 amide bonds. The molecule has 2 N–H and O–H groups in total. The third kappa shape index (κ3) is 2.75. The van der Waals surface area contributed by atoms with Gasteiger partial charge in [-0.15, -0.1) is 0 Å². The standard InChI is InChI=1S/C20H17N3O3/c1-12(24)13-3-6-16(7-4-13)23-19(25)11-18(20(23)26)22-15-5-2-14-8-9-21-17(14)10-15/h2-10,18,21-22H,11H2,1H3/t18-/m0/s1. The fraction of sp³-hybridized carbons (Fsp3) is 0.150. The van der Waals surface area contributed by atoms with Gasteiger partial charge < -0.3 is 10.3 Å². The maximum Gasteiger partial charge on any atom is 0.256 e. The Morgan fingerprint density at radius 1 is 1.12 bits per heavy atom. The number of benzene rings is 2. The summed E-state index contributed by atoms with van der Waals surface area (Å²) in [6.45, 7) is 1.47. The quantitative estimate of drug-likeness (QED) is 0.561. The molecular formula is C20H17N3O3. The van der Waals surface area contributed by atoms with Gasteiger partial charge in [-0.1, -0.05) is 6.07 Å². The van der Waals surface area contributed by atoms with Gasteiger partial charge in [-0.25, -0.2) is 4.90 Å². The molecule has 1 saturated heterocycles. The predicted octanol–water partition coefficient (Wildman–Crippen LogP) is 3.11. The van der Waals surface area contributed by atoms with Crippen LogP contribution in [0.3, 0.4) is 0 Å². The lowest BCUT2D eigenvalue weighted by molar-refractivity contribution is -0.121. The summed E-state index contributed by atoms with van der Waals surface area (Å²) in [5.41, 5.74) is 2.76. The number of nitrogens with one attached hydrogen (secondary N) is 2. The predicted molar refractivity (Wildman–Crippen MR) is 99.3 cm³/mol. The second-order valence-corrected chi connectivity index (χ2v) is 6.35. The molecule has 1 aliphatic heterocycles. The van der Waals surface area contributed by atoms with Crippen LogP contribution in [0.5, 0.6) is 0 Å². The van der Waals surface area contributed by atoms with Gasteiger partial charge in [-0.05, 0) is 54.8 Å². The first-order valence-electron chi connectivity index (χ1n) is 8.34. The molecule has 1 atom stereocenters. The molecule has 130 valence electrons. The van der Waals surface area contributed by atoms with E-state index in [1.165, 1.54) is 11.8 Å². The number of H-pyrrole nitrogens is 1. The molecule has 1 aliphatic rings. The molecular weight excluding hydrogens is 330 g/mol. The van der Waals surface area contributed by atoms with Crippen molar-refractivity contribution in [3.8, 4) is 0 Å². The van der Waals surface area contributed by atoms with Crippen molar-refractivity contribution in [1.29, 1.82) is 0 Å². The summed E-state index contributed by atoms with van der Waals surface area (Å²) < 4.78 is 0. The minimum Gasteiger partial charge on any atom is -0.373 e. The average Bonchev–Trinajstić information content (AvgIpc) is 3.19. The highest BCUT2D eigenvalue weighted by atomic mass is 16.2. The topological polar surface area (TPSA) is 82.3 Å². The molecule has 2 aromatic carbocycles. The lowest BCUT2D eigenvalue weighted by atomic mass is 10.1. The Bertz CT molecular complexity index is 1020. The SMILES string of the molecule is CC(=O)c1ccc(N2C(=O)C[C@H](Nc3ccc4cc[nH]c4c3)C2=O)cc1. The van der Waals surface area contributed by atoms with Crippen molar-refractivity contribution >= 4 is 39.9 Å². The number of hydrogen-bond donors (Lipinski definition) is 2. The molecule has 6 nitrogen and oxygen atoms in total. The van der Waals surface area contributed by atoms with Gasteiger partial charge in [0.1, 0.15) is 6.04 Å². The molecule has 26 heavy (non-hydrogen) atoms. The van der Waals surface area contributed by atoms with Crippen molar-refractivity contribution in [3.63, 3.8) is 0 Å². The highest BCUT2D eigenvalue weighted by molar-refractivity contribution is 6.23. The number of rotatable bonds is 4. The first-order valence-corrected chi connectivity index (χ1v) is 8.34. The van der Waals surface area contributed by atoms with E-state index in [1.54, 1.807) is 24.3 Å². The summed E-state index contributed by atoms with van der Waals surface area (Å²) in [5, 5.41) is 4.23. The Labute approximate surface area is 149 Å². The summed E-state index contributed by atoms with van der Waals surface area (Å²) in [6, 6.07) is 13.6. The number of aromatic nitrogens is 1. The molecule has 6 heteroatoms. The van der Waals surface area contributed by atoms with Gasteiger partial charge in [0.25, 0.3) is 5.91 Å². The highest BCUT2D eigenvalue weighted by Crippen LogP contribution is 2.26. The van der Waals surface area contributed by atoms with Gasteiger partial charge in [0.15, 0.2) is 5.78 Å². The summed E-state index contributed by atoms with van der Waals surface area (Å²) in [5.74, 6) is -0.615. The van der Waals surface area contributed by atoms with E-state index in [0.717, 1.165) is 16.6 Å². The maximum atomic E-state index is 12.7. The number of imide groups is 1. The number of anilines is 2. The van der Waals surface area contributed by atoms with Crippen LogP contribution >= 0.6 is 0 Å². The monoisotopic (exact) mass is 347 g/mol. The lowest BCUT2D eigenvalue weighted by Gasteiger charge is -2.16. The van der Waals surface area contributed by atoms with E-state index in [9.17, 15) is 14.4 Å². The van der Waals surface area contributed by atoms with Crippen molar-refractivity contribution < 1.29 is 14.4 Å². The molecule has 0 unspecified atom stereocenters. The molecule has 0 spiro atoms. The first kappa shape index (κ1) is 16.1. The minimum absolute atomic E-state index is 0.0603. The number of carbonyl (C=O) groups is 3. The zero-order valence-electron chi connectivity index (χ0n) is 14.2. The van der Waals surface area contributed by atoms with Crippen molar-refractivity contribution in [1.82, 2.24) is 4.98 Å². The van der Waals surface area contributed by atoms with Crippen LogP contribution in [-0.2, 0) is 9.59 Å². The van der Waals surface area contributed by atoms with Crippen LogP contribution in [0.1, 0.15) is 23.7 Å². The second kappa shape index (κ2) is 6.15. The molecule has 0 saturated carbocycles. The molecule has 1 fully saturated rings. The van der Waals surface area contributed by atoms with E-state index in [0.29, 0.717) is 11.3 Å². The van der Waals surface area contributed by atoms with Gasteiger partial charge in [0.2, 0.25) is 5.91 Å². The third-order valence-corrected chi connectivity index (χ3v) is 4.57. The minimum atomic E-state index is -0.609. The molecule has 2 heterocycles. The Morgan fingerprint density at radius 3 is 2.62 bits per heavy atom. The third-order valence-electron chi connectivity index (χ3n) is 4.57. The number of amides is 2. The largest absolute Gasteiger partial charge is 0.373 e. The normalized spacial score (nSPS) is 17.1. The number of Topliss-reactive ketones (excluding diaryl/α,β-unsaturated/α-hetero) is 1. The van der Waals surface area contributed by atoms with Crippen LogP contribution in [0.25, 0.3) is 10.9 Å². The Morgan fingerprint density at radius 2 is 1.88 bits per heavy atom. The molecule has 4 rings (SSSR count). The molecule has 0 aliphatic carbocycles. The van der Waals surface area contributed by atoms with E-state index in [-0.39, 0.29) is 24.0 Å². The van der Waals surface area contributed by atoms with Crippen LogP contribution in [-0.4, -0.2) is 28.6 Å². The van der Waals surface area contributed by atoms with Crippen LogP contribution in [0.15, 0.2) is 54.7 Å². The zero-order valence-corrected chi connectivity index (χ0v) is 14.2. The smallest absolute Gasteiger partial charge is 0.256 e. The Hall–Kier alpha value is -3.41. The summed E-state index contributed by atoms with van der Waals surface area (Å²) in [6.07, 6.45) is 1.95. The van der Waals surface area contributed by atoms with Gasteiger partial charge in [-0.2, -0.15) is 0 Å². The van der Waals surface area contributed by atoms with Crippen LogP contribution in [0, 0.1) is 0 Å². The van der Waals surface area contributed by atoms with Gasteiger partial charge in [0.05, 0.1) is 12.1 Å². The molecule has 0 radical (unpaired) electrons. The summed E-state index contributed by atoms with van der Waals surface area (Å²) in [7, 11) is 0. The number of ketones is 1. The number of fused-ring (bicyclic) bond motifs is 1. The van der Waals surface area contributed by atoms with Gasteiger partial charge in [0, 0.05) is 23.0 Å². The Kier molecular flexibility index (Phi) is 3.80. The van der Waals surface area contributed by atoms with Gasteiger partial charge >= 0.3 is 0 Å². The number of hydrogen-bond acceptors (Lipinski definition) is 4. The van der Waals surface area contributed by atoms with Crippen LogP contribution in [0.2, 0.25) is 0 Å².